The van der Waals surface area contributed by atoms with Crippen LogP contribution in [0.4, 0.5) is 23.2 Å². The topological polar surface area (TPSA) is 99.4 Å². The van der Waals surface area contributed by atoms with Crippen LogP contribution in [0.15, 0.2) is 36.4 Å². The number of nitro groups is 1. The lowest BCUT2D eigenvalue weighted by Crippen LogP contribution is -2.48. The van der Waals surface area contributed by atoms with Gasteiger partial charge in [0.1, 0.15) is 18.2 Å². The van der Waals surface area contributed by atoms with Crippen LogP contribution in [0.5, 0.6) is 5.75 Å². The van der Waals surface area contributed by atoms with Gasteiger partial charge in [-0.25, -0.2) is 4.39 Å². The zero-order valence-electron chi connectivity index (χ0n) is 21.9. The molecule has 2 aromatic carbocycles. The van der Waals surface area contributed by atoms with Crippen LogP contribution in [0.1, 0.15) is 29.5 Å². The van der Waals surface area contributed by atoms with E-state index in [1.165, 1.54) is 24.3 Å². The number of nitro benzene ring substituents is 1. The van der Waals surface area contributed by atoms with Crippen LogP contribution in [0, 0.1) is 21.8 Å². The van der Waals surface area contributed by atoms with Gasteiger partial charge in [0.05, 0.1) is 17.0 Å². The predicted octanol–water partition coefficient (Wildman–Crippen LogP) is 4.25. The first-order valence-corrected chi connectivity index (χ1v) is 13.1. The second-order valence-corrected chi connectivity index (χ2v) is 10.3. The summed E-state index contributed by atoms with van der Waals surface area (Å²) >= 11 is 0. The van der Waals surface area contributed by atoms with Gasteiger partial charge >= 0.3 is 12.1 Å². The summed E-state index contributed by atoms with van der Waals surface area (Å²) in [4.78, 5) is 28.3. The van der Waals surface area contributed by atoms with Gasteiger partial charge in [-0.3, -0.25) is 24.7 Å². The van der Waals surface area contributed by atoms with E-state index in [1.54, 1.807) is 0 Å². The molecule has 0 atom stereocenters. The number of halogens is 4. The summed E-state index contributed by atoms with van der Waals surface area (Å²) in [5, 5.41) is 20.3. The number of piperazine rings is 1. The number of carboxylic acid groups (broad SMARTS) is 1. The number of non-ortho nitro benzene ring substituents is 1. The molecule has 13 heteroatoms. The van der Waals surface area contributed by atoms with Gasteiger partial charge in [-0.05, 0) is 55.6 Å². The van der Waals surface area contributed by atoms with Gasteiger partial charge in [0.25, 0.3) is 5.69 Å². The Hall–Kier alpha value is -3.29. The summed E-state index contributed by atoms with van der Waals surface area (Å²) in [6.45, 7) is 5.78. The van der Waals surface area contributed by atoms with E-state index >= 15 is 0 Å². The normalized spacial score (nSPS) is 18.1. The Morgan fingerprint density at radius 1 is 1.00 bits per heavy atom. The number of nitrogens with zero attached hydrogens (tertiary/aromatic N) is 4. The molecule has 0 aromatic heterocycles. The molecule has 0 saturated carbocycles. The minimum absolute atomic E-state index is 0.0766. The Labute approximate surface area is 229 Å². The highest BCUT2D eigenvalue weighted by atomic mass is 19.4. The smallest absolute Gasteiger partial charge is 0.419 e. The summed E-state index contributed by atoms with van der Waals surface area (Å²) in [7, 11) is 0. The molecule has 0 unspecified atom stereocenters. The summed E-state index contributed by atoms with van der Waals surface area (Å²) < 4.78 is 58.6. The molecule has 2 fully saturated rings. The maximum atomic E-state index is 13.6. The van der Waals surface area contributed by atoms with Gasteiger partial charge in [-0.15, -0.1) is 0 Å². The molecule has 0 spiro atoms. The summed E-state index contributed by atoms with van der Waals surface area (Å²) in [5.74, 6) is -1.34. The fourth-order valence-corrected chi connectivity index (χ4v) is 5.24. The molecule has 0 bridgehead atoms. The number of carbonyl (C=O) groups is 1. The van der Waals surface area contributed by atoms with Crippen LogP contribution in [0.25, 0.3) is 0 Å². The second-order valence-electron chi connectivity index (χ2n) is 10.3. The third-order valence-corrected chi connectivity index (χ3v) is 7.43. The fraction of sp³-hybridized carbons (Fsp3) is 0.519. The number of hydrogen-bond donors (Lipinski definition) is 1. The van der Waals surface area contributed by atoms with Crippen LogP contribution in [-0.2, 0) is 24.1 Å². The average molecular weight is 569 g/mol. The maximum absolute atomic E-state index is 13.6. The highest BCUT2D eigenvalue weighted by Gasteiger charge is 2.34. The van der Waals surface area contributed by atoms with Crippen LogP contribution in [0.2, 0.25) is 0 Å². The fourth-order valence-electron chi connectivity index (χ4n) is 5.24. The molecular formula is C27H32F4N4O5. The van der Waals surface area contributed by atoms with Gasteiger partial charge in [0.2, 0.25) is 0 Å². The van der Waals surface area contributed by atoms with Crippen molar-refractivity contribution in [3.63, 3.8) is 0 Å². The summed E-state index contributed by atoms with van der Waals surface area (Å²) in [6.07, 6.45) is -2.92. The van der Waals surface area contributed by atoms with Gasteiger partial charge in [-0.2, -0.15) is 13.2 Å². The number of piperidine rings is 1. The third kappa shape index (κ3) is 8.12. The Morgan fingerprint density at radius 2 is 1.68 bits per heavy atom. The molecule has 9 nitrogen and oxygen atoms in total. The largest absolute Gasteiger partial charge is 0.489 e. The van der Waals surface area contributed by atoms with Crippen LogP contribution in [-0.4, -0.2) is 83.1 Å². The van der Waals surface area contributed by atoms with Gasteiger partial charge in [0.15, 0.2) is 0 Å². The Bertz CT molecular complexity index is 1200. The molecule has 2 aromatic rings. The minimum atomic E-state index is -4.83. The quantitative estimate of drug-likeness (QED) is 0.258. The molecule has 4 rings (SSSR count). The Kier molecular flexibility index (Phi) is 9.59. The van der Waals surface area contributed by atoms with Crippen LogP contribution >= 0.6 is 0 Å². The molecule has 2 saturated heterocycles. The number of hydrogen-bond acceptors (Lipinski definition) is 7. The van der Waals surface area contributed by atoms with Crippen molar-refractivity contribution >= 4 is 11.7 Å². The number of likely N-dealkylation sites (tertiary alicyclic amines) is 1. The number of ether oxygens (including phenoxy) is 1. The van der Waals surface area contributed by atoms with E-state index in [-0.39, 0.29) is 24.4 Å². The molecule has 0 radical (unpaired) electrons. The first-order chi connectivity index (χ1) is 19.0. The first-order valence-electron chi connectivity index (χ1n) is 13.1. The van der Waals surface area contributed by atoms with Gasteiger partial charge < -0.3 is 14.7 Å². The zero-order valence-corrected chi connectivity index (χ0v) is 21.9. The van der Waals surface area contributed by atoms with E-state index in [1.807, 2.05) is 4.90 Å². The average Bonchev–Trinajstić information content (AvgIpc) is 2.90. The van der Waals surface area contributed by atoms with Crippen molar-refractivity contribution in [2.75, 3.05) is 52.4 Å². The maximum Gasteiger partial charge on any atom is 0.419 e. The number of benzene rings is 2. The lowest BCUT2D eigenvalue weighted by molar-refractivity contribution is -0.385. The van der Waals surface area contributed by atoms with Crippen LogP contribution < -0.4 is 4.74 Å². The number of rotatable bonds is 10. The van der Waals surface area contributed by atoms with E-state index in [2.05, 4.69) is 9.80 Å². The van der Waals surface area contributed by atoms with E-state index in [0.717, 1.165) is 64.7 Å². The van der Waals surface area contributed by atoms with Crippen molar-refractivity contribution in [1.29, 1.82) is 0 Å². The Balaban J connectivity index is 1.34. The molecule has 1 N–H and O–H groups in total. The molecule has 218 valence electrons. The molecule has 0 amide bonds. The first kappa shape index (κ1) is 29.7. The second kappa shape index (κ2) is 12.9. The van der Waals surface area contributed by atoms with Crippen molar-refractivity contribution in [2.24, 2.45) is 5.92 Å². The molecule has 2 aliphatic heterocycles. The predicted molar refractivity (Wildman–Crippen MR) is 137 cm³/mol. The number of alkyl halides is 3. The van der Waals surface area contributed by atoms with Crippen molar-refractivity contribution in [1.82, 2.24) is 14.7 Å². The van der Waals surface area contributed by atoms with Crippen molar-refractivity contribution in [3.8, 4) is 5.75 Å². The molecule has 2 heterocycles. The molecular weight excluding hydrogens is 536 g/mol. The standard InChI is InChI=1S/C27H32F4N4O5/c28-24-3-1-20(13-23(24)27(29,30)31)18-40-25-4-2-22(35(38)39)14-21(25)16-34-11-9-33(10-12-34)15-19-5-7-32(8-6-19)17-26(36)37/h1-4,13-14,19H,5-12,15-18H2,(H,36,37). The molecule has 2 aliphatic rings. The number of aliphatic carboxylic acids is 1. The Morgan fingerprint density at radius 3 is 2.30 bits per heavy atom. The van der Waals surface area contributed by atoms with Gasteiger partial charge in [-0.1, -0.05) is 6.07 Å². The lowest BCUT2D eigenvalue weighted by Gasteiger charge is -2.38. The van der Waals surface area contributed by atoms with Crippen molar-refractivity contribution in [3.05, 3.63) is 69.0 Å². The number of carboxylic acids is 1. The summed E-state index contributed by atoms with van der Waals surface area (Å²) in [5.41, 5.74) is -0.815. The highest BCUT2D eigenvalue weighted by Crippen LogP contribution is 2.33. The molecule has 0 aliphatic carbocycles. The van der Waals surface area contributed by atoms with Crippen molar-refractivity contribution < 1.29 is 37.1 Å². The molecule has 40 heavy (non-hydrogen) atoms. The summed E-state index contributed by atoms with van der Waals surface area (Å²) in [6, 6.07) is 6.80. The van der Waals surface area contributed by atoms with E-state index in [4.69, 9.17) is 9.84 Å². The van der Waals surface area contributed by atoms with E-state index < -0.39 is 28.4 Å². The van der Waals surface area contributed by atoms with E-state index in [0.29, 0.717) is 29.8 Å². The van der Waals surface area contributed by atoms with Gasteiger partial charge in [0, 0.05) is 57.0 Å². The SMILES string of the molecule is O=C(O)CN1CCC(CN2CCN(Cc3cc([N+](=O)[O-])ccc3OCc3ccc(F)c(C(F)(F)F)c3)CC2)CC1. The van der Waals surface area contributed by atoms with Crippen LogP contribution in [0.3, 0.4) is 0 Å². The van der Waals surface area contributed by atoms with Crippen molar-refractivity contribution in [2.45, 2.75) is 32.2 Å². The highest BCUT2D eigenvalue weighted by molar-refractivity contribution is 5.69. The monoisotopic (exact) mass is 568 g/mol. The van der Waals surface area contributed by atoms with E-state index in [9.17, 15) is 32.5 Å². The third-order valence-electron chi connectivity index (χ3n) is 7.43. The lowest BCUT2D eigenvalue weighted by atomic mass is 9.96. The zero-order chi connectivity index (χ0) is 28.9. The minimum Gasteiger partial charge on any atom is -0.489 e.